The minimum atomic E-state index is -3.03. The van der Waals surface area contributed by atoms with Gasteiger partial charge in [-0.3, -0.25) is 0 Å². The Bertz CT molecular complexity index is 411. The highest BCUT2D eigenvalue weighted by molar-refractivity contribution is 7.89. The van der Waals surface area contributed by atoms with Crippen molar-refractivity contribution >= 4 is 21.4 Å². The van der Waals surface area contributed by atoms with E-state index in [2.05, 4.69) is 0 Å². The van der Waals surface area contributed by atoms with Crippen molar-refractivity contribution in [2.75, 3.05) is 12.3 Å². The lowest BCUT2D eigenvalue weighted by atomic mass is 10.2. The molecule has 0 aliphatic carbocycles. The standard InChI is InChI=1S/C10H15NO2S2/c1-2-15(12,13)11-7-3-5-9(11)10-6-4-8-14-10/h4,6,8-9H,2-3,5,7H2,1H3/t9-/m1/s1. The highest BCUT2D eigenvalue weighted by Gasteiger charge is 2.34. The van der Waals surface area contributed by atoms with Gasteiger partial charge in [0.05, 0.1) is 11.8 Å². The summed E-state index contributed by atoms with van der Waals surface area (Å²) in [6.07, 6.45) is 1.93. The Morgan fingerprint density at radius 1 is 1.60 bits per heavy atom. The van der Waals surface area contributed by atoms with Crippen molar-refractivity contribution in [2.45, 2.75) is 25.8 Å². The summed E-state index contributed by atoms with van der Waals surface area (Å²) in [6.45, 7) is 2.39. The van der Waals surface area contributed by atoms with Crippen molar-refractivity contribution in [3.63, 3.8) is 0 Å². The van der Waals surface area contributed by atoms with Gasteiger partial charge in [-0.15, -0.1) is 11.3 Å². The molecule has 0 saturated carbocycles. The van der Waals surface area contributed by atoms with Crippen LogP contribution < -0.4 is 0 Å². The normalized spacial score (nSPS) is 23.4. The number of rotatable bonds is 3. The van der Waals surface area contributed by atoms with Crippen LogP contribution in [0.1, 0.15) is 30.7 Å². The SMILES string of the molecule is CCS(=O)(=O)N1CCC[C@@H]1c1cccs1. The van der Waals surface area contributed by atoms with E-state index >= 15 is 0 Å². The van der Waals surface area contributed by atoms with E-state index in [1.165, 1.54) is 4.88 Å². The topological polar surface area (TPSA) is 37.4 Å². The number of hydrogen-bond donors (Lipinski definition) is 0. The third kappa shape index (κ3) is 2.09. The van der Waals surface area contributed by atoms with Gasteiger partial charge in [0.25, 0.3) is 0 Å². The molecular weight excluding hydrogens is 230 g/mol. The van der Waals surface area contributed by atoms with E-state index in [-0.39, 0.29) is 11.8 Å². The molecule has 1 aliphatic heterocycles. The number of thiophene rings is 1. The second-order valence-electron chi connectivity index (χ2n) is 3.68. The largest absolute Gasteiger partial charge is 0.214 e. The quantitative estimate of drug-likeness (QED) is 0.819. The summed E-state index contributed by atoms with van der Waals surface area (Å²) in [5, 5.41) is 2.00. The first-order chi connectivity index (χ1) is 7.15. The van der Waals surface area contributed by atoms with Crippen molar-refractivity contribution in [3.05, 3.63) is 22.4 Å². The zero-order valence-electron chi connectivity index (χ0n) is 8.72. The van der Waals surface area contributed by atoms with Gasteiger partial charge in [-0.25, -0.2) is 8.42 Å². The fourth-order valence-electron chi connectivity index (χ4n) is 2.00. The van der Waals surface area contributed by atoms with Crippen molar-refractivity contribution in [1.82, 2.24) is 4.31 Å². The lowest BCUT2D eigenvalue weighted by Gasteiger charge is -2.22. The summed E-state index contributed by atoms with van der Waals surface area (Å²) in [5.74, 6) is 0.203. The summed E-state index contributed by atoms with van der Waals surface area (Å²) in [4.78, 5) is 1.17. The molecule has 3 nitrogen and oxygen atoms in total. The molecule has 0 N–H and O–H groups in total. The molecule has 0 aromatic carbocycles. The molecule has 1 saturated heterocycles. The monoisotopic (exact) mass is 245 g/mol. The van der Waals surface area contributed by atoms with Gasteiger partial charge in [0.1, 0.15) is 0 Å². The molecule has 15 heavy (non-hydrogen) atoms. The molecule has 0 bridgehead atoms. The summed E-state index contributed by atoms with van der Waals surface area (Å²) in [6, 6.07) is 4.10. The Balaban J connectivity index is 2.27. The Hall–Kier alpha value is -0.390. The Kier molecular flexibility index (Phi) is 3.13. The minimum Gasteiger partial charge on any atom is -0.212 e. The van der Waals surface area contributed by atoms with E-state index in [9.17, 15) is 8.42 Å². The third-order valence-corrected chi connectivity index (χ3v) is 5.65. The predicted octanol–water partition coefficient (Wildman–Crippen LogP) is 2.23. The fraction of sp³-hybridized carbons (Fsp3) is 0.600. The van der Waals surface area contributed by atoms with Gasteiger partial charge in [-0.05, 0) is 31.2 Å². The molecule has 2 rings (SSSR count). The van der Waals surface area contributed by atoms with Crippen LogP contribution in [-0.4, -0.2) is 25.0 Å². The van der Waals surface area contributed by atoms with Crippen LogP contribution in [0.15, 0.2) is 17.5 Å². The first kappa shape index (κ1) is 11.1. The molecule has 1 aliphatic rings. The van der Waals surface area contributed by atoms with E-state index in [0.717, 1.165) is 12.8 Å². The maximum Gasteiger partial charge on any atom is 0.214 e. The van der Waals surface area contributed by atoms with Crippen LogP contribution in [0, 0.1) is 0 Å². The van der Waals surface area contributed by atoms with Crippen molar-refractivity contribution in [1.29, 1.82) is 0 Å². The molecule has 5 heteroatoms. The predicted molar refractivity (Wildman–Crippen MR) is 62.5 cm³/mol. The first-order valence-corrected chi connectivity index (χ1v) is 7.67. The van der Waals surface area contributed by atoms with Gasteiger partial charge in [0.15, 0.2) is 0 Å². The minimum absolute atomic E-state index is 0.0925. The van der Waals surface area contributed by atoms with Gasteiger partial charge in [-0.1, -0.05) is 6.07 Å². The lowest BCUT2D eigenvalue weighted by Crippen LogP contribution is -2.31. The van der Waals surface area contributed by atoms with E-state index in [1.807, 2.05) is 17.5 Å². The summed E-state index contributed by atoms with van der Waals surface area (Å²) in [7, 11) is -3.03. The molecule has 1 aromatic rings. The molecule has 84 valence electrons. The van der Waals surface area contributed by atoms with E-state index < -0.39 is 10.0 Å². The van der Waals surface area contributed by atoms with E-state index in [1.54, 1.807) is 22.6 Å². The van der Waals surface area contributed by atoms with Crippen LogP contribution in [0.4, 0.5) is 0 Å². The summed E-state index contributed by atoms with van der Waals surface area (Å²) < 4.78 is 25.3. The summed E-state index contributed by atoms with van der Waals surface area (Å²) in [5.41, 5.74) is 0. The molecule has 0 spiro atoms. The second kappa shape index (κ2) is 4.23. The van der Waals surface area contributed by atoms with Gasteiger partial charge < -0.3 is 0 Å². The molecule has 1 atom stereocenters. The number of nitrogens with zero attached hydrogens (tertiary/aromatic N) is 1. The highest BCUT2D eigenvalue weighted by Crippen LogP contribution is 2.36. The smallest absolute Gasteiger partial charge is 0.212 e. The molecule has 0 unspecified atom stereocenters. The van der Waals surface area contributed by atoms with Crippen molar-refractivity contribution in [3.8, 4) is 0 Å². The van der Waals surface area contributed by atoms with Gasteiger partial charge in [0.2, 0.25) is 10.0 Å². The zero-order chi connectivity index (χ0) is 10.9. The Labute approximate surface area is 94.8 Å². The Morgan fingerprint density at radius 2 is 2.40 bits per heavy atom. The van der Waals surface area contributed by atoms with Gasteiger partial charge in [0, 0.05) is 11.4 Å². The van der Waals surface area contributed by atoms with Crippen LogP contribution in [0.5, 0.6) is 0 Å². The number of hydrogen-bond acceptors (Lipinski definition) is 3. The van der Waals surface area contributed by atoms with Crippen molar-refractivity contribution in [2.24, 2.45) is 0 Å². The van der Waals surface area contributed by atoms with Gasteiger partial charge >= 0.3 is 0 Å². The van der Waals surface area contributed by atoms with E-state index in [0.29, 0.717) is 6.54 Å². The maximum atomic E-state index is 11.8. The van der Waals surface area contributed by atoms with E-state index in [4.69, 9.17) is 0 Å². The highest BCUT2D eigenvalue weighted by atomic mass is 32.2. The molecule has 0 radical (unpaired) electrons. The maximum absolute atomic E-state index is 11.8. The van der Waals surface area contributed by atoms with Gasteiger partial charge in [-0.2, -0.15) is 4.31 Å². The summed E-state index contributed by atoms with van der Waals surface area (Å²) >= 11 is 1.64. The van der Waals surface area contributed by atoms with Crippen LogP contribution in [-0.2, 0) is 10.0 Å². The van der Waals surface area contributed by atoms with Crippen LogP contribution in [0.2, 0.25) is 0 Å². The molecule has 1 aromatic heterocycles. The fourth-order valence-corrected chi connectivity index (χ4v) is 4.29. The Morgan fingerprint density at radius 3 is 3.00 bits per heavy atom. The van der Waals surface area contributed by atoms with Crippen LogP contribution in [0.3, 0.4) is 0 Å². The molecule has 2 heterocycles. The first-order valence-electron chi connectivity index (χ1n) is 5.18. The van der Waals surface area contributed by atoms with Crippen LogP contribution >= 0.6 is 11.3 Å². The third-order valence-electron chi connectivity index (χ3n) is 2.80. The van der Waals surface area contributed by atoms with Crippen molar-refractivity contribution < 1.29 is 8.42 Å². The molecular formula is C10H15NO2S2. The zero-order valence-corrected chi connectivity index (χ0v) is 10.4. The average Bonchev–Trinajstić information content (AvgIpc) is 2.87. The lowest BCUT2D eigenvalue weighted by molar-refractivity contribution is 0.402. The molecule has 0 amide bonds. The molecule has 1 fully saturated rings. The second-order valence-corrected chi connectivity index (χ2v) is 6.87. The van der Waals surface area contributed by atoms with Crippen LogP contribution in [0.25, 0.3) is 0 Å². The average molecular weight is 245 g/mol. The number of sulfonamides is 1.